The minimum Gasteiger partial charge on any atom is -0.263 e. The monoisotopic (exact) mass is 422 g/mol. The smallest absolute Gasteiger partial charge is 0.263 e. The molecule has 146 valence electrons. The lowest BCUT2D eigenvalue weighted by atomic mass is 10.0. The quantitative estimate of drug-likeness (QED) is 0.445. The fourth-order valence-corrected chi connectivity index (χ4v) is 5.77. The summed E-state index contributed by atoms with van der Waals surface area (Å²) in [6.07, 6.45) is 3.84. The van der Waals surface area contributed by atoms with Gasteiger partial charge in [-0.1, -0.05) is 91.0 Å². The Balaban J connectivity index is 2.01. The molecule has 1 atom stereocenters. The first-order valence-electron chi connectivity index (χ1n) is 8.89. The van der Waals surface area contributed by atoms with Crippen LogP contribution in [-0.4, -0.2) is 17.8 Å². The van der Waals surface area contributed by atoms with Crippen molar-refractivity contribution in [3.63, 3.8) is 0 Å². The Morgan fingerprint density at radius 1 is 0.655 bits per heavy atom. The molecule has 0 bridgehead atoms. The van der Waals surface area contributed by atoms with Gasteiger partial charge < -0.3 is 0 Å². The van der Waals surface area contributed by atoms with Gasteiger partial charge in [0.05, 0.1) is 0 Å². The first-order chi connectivity index (χ1) is 14.0. The standard InChI is InChI=1S/C23H18O4S2/c24-29(25,26)27-28-22(19-12-6-2-7-13-19)16-21(18-10-4-1-5-11-18)17-23(28)20-14-8-3-9-15-20/h1-17H,(H,24,25,26). The lowest BCUT2D eigenvalue weighted by Gasteiger charge is -2.22. The average Bonchev–Trinajstić information content (AvgIpc) is 2.74. The van der Waals surface area contributed by atoms with E-state index < -0.39 is 21.2 Å². The van der Waals surface area contributed by atoms with Gasteiger partial charge in [-0.05, 0) is 34.4 Å². The van der Waals surface area contributed by atoms with Crippen molar-refractivity contribution in [1.29, 1.82) is 0 Å². The molecule has 0 amide bonds. The molecule has 4 rings (SSSR count). The predicted molar refractivity (Wildman–Crippen MR) is 120 cm³/mol. The number of hydrogen-bond donors (Lipinski definition) is 1. The Hall–Kier alpha value is -2.77. The maximum Gasteiger partial charge on any atom is 0.408 e. The molecule has 0 aliphatic carbocycles. The third kappa shape index (κ3) is 4.63. The molecule has 3 aromatic rings. The largest absolute Gasteiger partial charge is 0.408 e. The lowest BCUT2D eigenvalue weighted by molar-refractivity contribution is 0.408. The predicted octanol–water partition coefficient (Wildman–Crippen LogP) is 5.35. The summed E-state index contributed by atoms with van der Waals surface area (Å²) in [5.41, 5.74) is 3.60. The van der Waals surface area contributed by atoms with Crippen LogP contribution in [0.1, 0.15) is 16.7 Å². The van der Waals surface area contributed by atoms with E-state index in [2.05, 4.69) is 0 Å². The van der Waals surface area contributed by atoms with Crippen molar-refractivity contribution in [2.75, 3.05) is 0 Å². The second-order valence-corrected chi connectivity index (χ2v) is 9.15. The minimum atomic E-state index is -4.67. The molecular weight excluding hydrogens is 404 g/mol. The maximum absolute atomic E-state index is 11.7. The van der Waals surface area contributed by atoms with Gasteiger partial charge in [-0.2, -0.15) is 12.0 Å². The van der Waals surface area contributed by atoms with Crippen molar-refractivity contribution in [3.05, 3.63) is 120 Å². The summed E-state index contributed by atoms with van der Waals surface area (Å²) in [7, 11) is -5.99. The van der Waals surface area contributed by atoms with Crippen LogP contribution in [0.3, 0.4) is 0 Å². The third-order valence-corrected chi connectivity index (χ3v) is 7.09. The second-order valence-electron chi connectivity index (χ2n) is 6.34. The van der Waals surface area contributed by atoms with E-state index >= 15 is 0 Å². The molecule has 29 heavy (non-hydrogen) atoms. The Morgan fingerprint density at radius 3 is 1.66 bits per heavy atom. The molecule has 1 aliphatic heterocycles. The molecule has 0 aromatic heterocycles. The van der Waals surface area contributed by atoms with Crippen molar-refractivity contribution in [3.8, 4) is 0 Å². The molecule has 0 saturated carbocycles. The van der Waals surface area contributed by atoms with Crippen LogP contribution < -0.4 is 0 Å². The van der Waals surface area contributed by atoms with Crippen molar-refractivity contribution >= 4 is 36.5 Å². The number of rotatable bonds is 5. The summed E-state index contributed by atoms with van der Waals surface area (Å²) in [6.45, 7) is 0. The van der Waals surface area contributed by atoms with Crippen LogP contribution in [0, 0.1) is 0 Å². The zero-order valence-electron chi connectivity index (χ0n) is 15.3. The van der Waals surface area contributed by atoms with Crippen LogP contribution in [0.15, 0.2) is 103 Å². The molecule has 0 radical (unpaired) electrons. The van der Waals surface area contributed by atoms with Crippen LogP contribution >= 0.6 is 10.8 Å². The van der Waals surface area contributed by atoms with Crippen LogP contribution in [0.5, 0.6) is 0 Å². The van der Waals surface area contributed by atoms with E-state index in [4.69, 9.17) is 3.63 Å². The van der Waals surface area contributed by atoms with Gasteiger partial charge in [0.25, 0.3) is 0 Å². The van der Waals surface area contributed by atoms with E-state index in [1.165, 1.54) is 0 Å². The molecule has 1 N–H and O–H groups in total. The SMILES string of the molecule is O=S(=O)(O)OS1=C(c2ccccc2)C=C(c2ccccc2)C=C1c1ccccc1. The van der Waals surface area contributed by atoms with Gasteiger partial charge in [-0.15, -0.1) is 0 Å². The molecular formula is C23H18O4S2. The molecule has 4 nitrogen and oxygen atoms in total. The molecule has 0 saturated heterocycles. The number of allylic oxidation sites excluding steroid dienone is 3. The summed E-state index contributed by atoms with van der Waals surface area (Å²) >= 11 is 0. The van der Waals surface area contributed by atoms with Crippen molar-refractivity contribution < 1.29 is 16.6 Å². The van der Waals surface area contributed by atoms with E-state index in [9.17, 15) is 13.0 Å². The van der Waals surface area contributed by atoms with Crippen LogP contribution in [0.25, 0.3) is 10.5 Å². The van der Waals surface area contributed by atoms with Gasteiger partial charge >= 0.3 is 10.4 Å². The second kappa shape index (κ2) is 8.31. The highest BCUT2D eigenvalue weighted by atomic mass is 32.3. The Bertz CT molecular complexity index is 1210. The van der Waals surface area contributed by atoms with Gasteiger partial charge in [0.15, 0.2) is 0 Å². The van der Waals surface area contributed by atoms with Gasteiger partial charge in [0, 0.05) is 20.5 Å². The van der Waals surface area contributed by atoms with Crippen LogP contribution in [0.2, 0.25) is 0 Å². The van der Waals surface area contributed by atoms with Crippen LogP contribution in [-0.2, 0) is 14.0 Å². The highest BCUT2D eigenvalue weighted by molar-refractivity contribution is 8.24. The zero-order chi connectivity index (χ0) is 20.3. The number of hydrogen-bond acceptors (Lipinski definition) is 3. The first kappa shape index (κ1) is 19.5. The zero-order valence-corrected chi connectivity index (χ0v) is 16.9. The highest BCUT2D eigenvalue weighted by Crippen LogP contribution is 2.44. The van der Waals surface area contributed by atoms with Crippen LogP contribution in [0.4, 0.5) is 0 Å². The van der Waals surface area contributed by atoms with E-state index in [-0.39, 0.29) is 0 Å². The average molecular weight is 423 g/mol. The highest BCUT2D eigenvalue weighted by Gasteiger charge is 2.23. The van der Waals surface area contributed by atoms with Gasteiger partial charge in [0.1, 0.15) is 0 Å². The Morgan fingerprint density at radius 2 is 1.14 bits per heavy atom. The number of benzene rings is 3. The minimum absolute atomic E-state index is 0.684. The van der Waals surface area contributed by atoms with Gasteiger partial charge in [-0.25, -0.2) is 0 Å². The van der Waals surface area contributed by atoms with Gasteiger partial charge in [0.2, 0.25) is 0 Å². The maximum atomic E-state index is 11.7. The topological polar surface area (TPSA) is 63.6 Å². The molecule has 1 heterocycles. The van der Waals surface area contributed by atoms with Gasteiger partial charge in [-0.3, -0.25) is 4.55 Å². The normalized spacial score (nSPS) is 16.9. The summed E-state index contributed by atoms with van der Waals surface area (Å²) in [6, 6.07) is 28.8. The molecule has 6 heteroatoms. The van der Waals surface area contributed by atoms with Crippen molar-refractivity contribution in [1.82, 2.24) is 0 Å². The Labute approximate surface area is 172 Å². The molecule has 1 aliphatic rings. The van der Waals surface area contributed by atoms with E-state index in [1.54, 1.807) is 0 Å². The molecule has 1 unspecified atom stereocenters. The fraction of sp³-hybridized carbons (Fsp3) is 0. The summed E-state index contributed by atoms with van der Waals surface area (Å²) < 4.78 is 38.0. The Kier molecular flexibility index (Phi) is 5.60. The summed E-state index contributed by atoms with van der Waals surface area (Å²) in [5.74, 6) is 0. The van der Waals surface area contributed by atoms with E-state index in [1.807, 2.05) is 103 Å². The summed E-state index contributed by atoms with van der Waals surface area (Å²) in [5, 5.41) is 0. The molecule has 0 fully saturated rings. The first-order valence-corrected chi connectivity index (χ1v) is 11.4. The summed E-state index contributed by atoms with van der Waals surface area (Å²) in [4.78, 5) is 1.37. The van der Waals surface area contributed by atoms with Crippen molar-refractivity contribution in [2.45, 2.75) is 0 Å². The molecule has 0 spiro atoms. The van der Waals surface area contributed by atoms with E-state index in [0.29, 0.717) is 9.77 Å². The molecule has 3 aromatic carbocycles. The van der Waals surface area contributed by atoms with Crippen molar-refractivity contribution in [2.24, 2.45) is 0 Å². The third-order valence-electron chi connectivity index (χ3n) is 4.35. The van der Waals surface area contributed by atoms with E-state index in [0.717, 1.165) is 22.3 Å². The lowest BCUT2D eigenvalue weighted by Crippen LogP contribution is -2.09. The fourth-order valence-electron chi connectivity index (χ4n) is 3.09.